The molecule has 3 rings (SSSR count). The van der Waals surface area contributed by atoms with Gasteiger partial charge < -0.3 is 4.90 Å². The van der Waals surface area contributed by atoms with Crippen LogP contribution in [-0.4, -0.2) is 71.7 Å². The Kier molecular flexibility index (Phi) is 5.30. The molecule has 1 aliphatic carbocycles. The van der Waals surface area contributed by atoms with Crippen molar-refractivity contribution in [3.63, 3.8) is 0 Å². The Morgan fingerprint density at radius 1 is 0.913 bits per heavy atom. The smallest absolute Gasteiger partial charge is 0.229 e. The number of imide groups is 1. The molecule has 0 radical (unpaired) electrons. The summed E-state index contributed by atoms with van der Waals surface area (Å²) in [6.07, 6.45) is 6.42. The van der Waals surface area contributed by atoms with Crippen molar-refractivity contribution in [1.29, 1.82) is 0 Å². The zero-order valence-corrected chi connectivity index (χ0v) is 13.8. The quantitative estimate of drug-likeness (QED) is 0.705. The molecule has 3 aliphatic rings. The first-order chi connectivity index (χ1) is 11.1. The monoisotopic (exact) mass is 321 g/mol. The van der Waals surface area contributed by atoms with E-state index in [1.165, 1.54) is 30.6 Å². The van der Waals surface area contributed by atoms with Gasteiger partial charge in [0.2, 0.25) is 17.7 Å². The number of hydrogen-bond donors (Lipinski definition) is 0. The van der Waals surface area contributed by atoms with Gasteiger partial charge in [-0.1, -0.05) is 12.8 Å². The number of piperazine rings is 1. The Hall–Kier alpha value is -1.43. The molecule has 0 bridgehead atoms. The second-order valence-electron chi connectivity index (χ2n) is 7.02. The first kappa shape index (κ1) is 16.4. The lowest BCUT2D eigenvalue weighted by Crippen LogP contribution is -2.50. The summed E-state index contributed by atoms with van der Waals surface area (Å²) in [6, 6.07) is 0. The minimum atomic E-state index is -0.0413. The van der Waals surface area contributed by atoms with E-state index in [0.717, 1.165) is 39.1 Å². The minimum absolute atomic E-state index is 0.0413. The largest absolute Gasteiger partial charge is 0.340 e. The van der Waals surface area contributed by atoms with E-state index >= 15 is 0 Å². The molecule has 0 unspecified atom stereocenters. The molecule has 2 aliphatic heterocycles. The van der Waals surface area contributed by atoms with E-state index in [9.17, 15) is 14.4 Å². The fourth-order valence-corrected chi connectivity index (χ4v) is 3.93. The normalized spacial score (nSPS) is 24.0. The van der Waals surface area contributed by atoms with Crippen molar-refractivity contribution in [2.24, 2.45) is 5.92 Å². The molecule has 6 nitrogen and oxygen atoms in total. The van der Waals surface area contributed by atoms with Gasteiger partial charge in [-0.3, -0.25) is 24.2 Å². The van der Waals surface area contributed by atoms with E-state index in [-0.39, 0.29) is 11.8 Å². The van der Waals surface area contributed by atoms with Crippen LogP contribution in [0.4, 0.5) is 0 Å². The Balaban J connectivity index is 1.37. The fourth-order valence-electron chi connectivity index (χ4n) is 3.93. The molecule has 0 atom stereocenters. The molecular formula is C17H27N3O3. The molecule has 0 spiro atoms. The second-order valence-corrected chi connectivity index (χ2v) is 7.02. The Morgan fingerprint density at radius 2 is 1.52 bits per heavy atom. The highest BCUT2D eigenvalue weighted by Gasteiger charge is 2.30. The van der Waals surface area contributed by atoms with Crippen LogP contribution in [0.3, 0.4) is 0 Å². The van der Waals surface area contributed by atoms with Gasteiger partial charge in [0.05, 0.1) is 0 Å². The second kappa shape index (κ2) is 7.43. The third-order valence-corrected chi connectivity index (χ3v) is 5.46. The first-order valence-electron chi connectivity index (χ1n) is 8.97. The van der Waals surface area contributed by atoms with E-state index in [1.54, 1.807) is 0 Å². The molecule has 0 aromatic rings. The molecule has 6 heteroatoms. The van der Waals surface area contributed by atoms with Crippen LogP contribution in [-0.2, 0) is 14.4 Å². The number of amides is 3. The molecule has 0 aromatic carbocycles. The SMILES string of the molecule is O=C(CC1CCCC1)N1CCN(CCN2C(=O)CCC2=O)CC1. The zero-order valence-electron chi connectivity index (χ0n) is 13.8. The van der Waals surface area contributed by atoms with Crippen molar-refractivity contribution in [2.75, 3.05) is 39.3 Å². The van der Waals surface area contributed by atoms with Crippen LogP contribution in [0.5, 0.6) is 0 Å². The Morgan fingerprint density at radius 3 is 2.13 bits per heavy atom. The molecular weight excluding hydrogens is 294 g/mol. The molecule has 2 saturated heterocycles. The summed E-state index contributed by atoms with van der Waals surface area (Å²) in [6.45, 7) is 4.44. The highest BCUT2D eigenvalue weighted by atomic mass is 16.2. The number of nitrogens with zero attached hydrogens (tertiary/aromatic N) is 3. The predicted octanol–water partition coefficient (Wildman–Crippen LogP) is 0.860. The van der Waals surface area contributed by atoms with Gasteiger partial charge in [-0.05, 0) is 18.8 Å². The molecule has 1 saturated carbocycles. The van der Waals surface area contributed by atoms with E-state index in [2.05, 4.69) is 4.90 Å². The van der Waals surface area contributed by atoms with Gasteiger partial charge in [0, 0.05) is 58.5 Å². The third-order valence-electron chi connectivity index (χ3n) is 5.46. The lowest BCUT2D eigenvalue weighted by Gasteiger charge is -2.35. The standard InChI is InChI=1S/C17H27N3O3/c21-15-5-6-16(22)20(15)12-9-18-7-10-19(11-8-18)17(23)13-14-3-1-2-4-14/h14H,1-13H2. The van der Waals surface area contributed by atoms with Crippen molar-refractivity contribution in [3.8, 4) is 0 Å². The maximum Gasteiger partial charge on any atom is 0.229 e. The number of carbonyl (C=O) groups excluding carboxylic acids is 3. The van der Waals surface area contributed by atoms with E-state index < -0.39 is 0 Å². The van der Waals surface area contributed by atoms with Crippen LogP contribution in [0.25, 0.3) is 0 Å². The van der Waals surface area contributed by atoms with Crippen molar-refractivity contribution >= 4 is 17.7 Å². The summed E-state index contributed by atoms with van der Waals surface area (Å²) in [7, 11) is 0. The van der Waals surface area contributed by atoms with Crippen LogP contribution in [0, 0.1) is 5.92 Å². The summed E-state index contributed by atoms with van der Waals surface area (Å²) in [5.41, 5.74) is 0. The average molecular weight is 321 g/mol. The van der Waals surface area contributed by atoms with Gasteiger partial charge in [-0.15, -0.1) is 0 Å². The predicted molar refractivity (Wildman–Crippen MR) is 85.5 cm³/mol. The first-order valence-corrected chi connectivity index (χ1v) is 8.97. The number of rotatable bonds is 5. The zero-order chi connectivity index (χ0) is 16.2. The van der Waals surface area contributed by atoms with Gasteiger partial charge in [-0.2, -0.15) is 0 Å². The van der Waals surface area contributed by atoms with Gasteiger partial charge in [-0.25, -0.2) is 0 Å². The highest BCUT2D eigenvalue weighted by Crippen LogP contribution is 2.28. The Labute approximate surface area is 137 Å². The van der Waals surface area contributed by atoms with Crippen molar-refractivity contribution < 1.29 is 14.4 Å². The molecule has 0 N–H and O–H groups in total. The maximum absolute atomic E-state index is 12.3. The molecule has 128 valence electrons. The van der Waals surface area contributed by atoms with Gasteiger partial charge >= 0.3 is 0 Å². The summed E-state index contributed by atoms with van der Waals surface area (Å²) in [5, 5.41) is 0. The van der Waals surface area contributed by atoms with Gasteiger partial charge in [0.15, 0.2) is 0 Å². The average Bonchev–Trinajstić information content (AvgIpc) is 3.17. The number of likely N-dealkylation sites (tertiary alicyclic amines) is 1. The molecule has 3 amide bonds. The van der Waals surface area contributed by atoms with Crippen molar-refractivity contribution in [2.45, 2.75) is 44.9 Å². The van der Waals surface area contributed by atoms with Gasteiger partial charge in [0.25, 0.3) is 0 Å². The van der Waals surface area contributed by atoms with Crippen molar-refractivity contribution in [3.05, 3.63) is 0 Å². The lowest BCUT2D eigenvalue weighted by atomic mass is 10.0. The topological polar surface area (TPSA) is 60.9 Å². The van der Waals surface area contributed by atoms with Crippen LogP contribution < -0.4 is 0 Å². The van der Waals surface area contributed by atoms with Crippen LogP contribution >= 0.6 is 0 Å². The van der Waals surface area contributed by atoms with Crippen LogP contribution in [0.15, 0.2) is 0 Å². The van der Waals surface area contributed by atoms with E-state index in [1.807, 2.05) is 4.90 Å². The lowest BCUT2D eigenvalue weighted by molar-refractivity contribution is -0.138. The minimum Gasteiger partial charge on any atom is -0.340 e. The van der Waals surface area contributed by atoms with Gasteiger partial charge in [0.1, 0.15) is 0 Å². The number of hydrogen-bond acceptors (Lipinski definition) is 4. The molecule has 23 heavy (non-hydrogen) atoms. The summed E-state index contributed by atoms with van der Waals surface area (Å²) in [5.74, 6) is 0.829. The summed E-state index contributed by atoms with van der Waals surface area (Å²) < 4.78 is 0. The molecule has 0 aromatic heterocycles. The third kappa shape index (κ3) is 4.10. The Bertz CT molecular complexity index is 450. The van der Waals surface area contributed by atoms with Crippen LogP contribution in [0.2, 0.25) is 0 Å². The molecule has 3 fully saturated rings. The van der Waals surface area contributed by atoms with E-state index in [4.69, 9.17) is 0 Å². The van der Waals surface area contributed by atoms with Crippen LogP contribution in [0.1, 0.15) is 44.9 Å². The summed E-state index contributed by atoms with van der Waals surface area (Å²) >= 11 is 0. The summed E-state index contributed by atoms with van der Waals surface area (Å²) in [4.78, 5) is 41.1. The number of carbonyl (C=O) groups is 3. The molecule has 2 heterocycles. The van der Waals surface area contributed by atoms with Crippen molar-refractivity contribution in [1.82, 2.24) is 14.7 Å². The maximum atomic E-state index is 12.3. The fraction of sp³-hybridized carbons (Fsp3) is 0.824. The van der Waals surface area contributed by atoms with E-state index in [0.29, 0.717) is 31.2 Å². The highest BCUT2D eigenvalue weighted by molar-refractivity contribution is 6.01.